The van der Waals surface area contributed by atoms with Crippen molar-refractivity contribution in [3.63, 3.8) is 0 Å². The monoisotopic (exact) mass is 409 g/mol. The van der Waals surface area contributed by atoms with Crippen molar-refractivity contribution in [2.45, 2.75) is 44.9 Å². The summed E-state index contributed by atoms with van der Waals surface area (Å²) in [5.74, 6) is 1.40. The average molecular weight is 410 g/mol. The van der Waals surface area contributed by atoms with Gasteiger partial charge in [0.1, 0.15) is 6.10 Å². The summed E-state index contributed by atoms with van der Waals surface area (Å²) in [6.07, 6.45) is 6.71. The number of hydrogen-bond acceptors (Lipinski definition) is 4. The second-order valence-corrected chi connectivity index (χ2v) is 7.67. The summed E-state index contributed by atoms with van der Waals surface area (Å²) in [5.41, 5.74) is 2.76. The zero-order valence-corrected chi connectivity index (χ0v) is 18.0. The number of guanidine groups is 1. The number of nitrogens with one attached hydrogen (secondary N) is 2. The first-order valence-corrected chi connectivity index (χ1v) is 10.4. The van der Waals surface area contributed by atoms with Crippen LogP contribution in [-0.4, -0.2) is 49.0 Å². The van der Waals surface area contributed by atoms with Crippen molar-refractivity contribution in [2.75, 3.05) is 21.1 Å². The van der Waals surface area contributed by atoms with Crippen LogP contribution in [0.25, 0.3) is 0 Å². The van der Waals surface area contributed by atoms with E-state index in [1.807, 2.05) is 36.4 Å². The zero-order valence-electron chi connectivity index (χ0n) is 18.0. The second kappa shape index (κ2) is 10.6. The topological polar surface area (TPSA) is 78.9 Å². The molecule has 1 fully saturated rings. The normalized spacial score (nSPS) is 14.4. The van der Waals surface area contributed by atoms with Gasteiger partial charge in [-0.1, -0.05) is 18.2 Å². The third kappa shape index (κ3) is 5.95. The highest BCUT2D eigenvalue weighted by Gasteiger charge is 2.18. The van der Waals surface area contributed by atoms with Gasteiger partial charge in [0, 0.05) is 51.6 Å². The molecular weight excluding hydrogens is 378 g/mol. The summed E-state index contributed by atoms with van der Waals surface area (Å²) in [6.45, 7) is 1.18. The molecule has 160 valence electrons. The molecule has 3 rings (SSSR count). The van der Waals surface area contributed by atoms with Crippen molar-refractivity contribution in [1.29, 1.82) is 0 Å². The van der Waals surface area contributed by atoms with Gasteiger partial charge in [0.05, 0.1) is 0 Å². The number of benzene rings is 1. The number of carbonyl (C=O) groups is 1. The first-order valence-electron chi connectivity index (χ1n) is 10.4. The summed E-state index contributed by atoms with van der Waals surface area (Å²) < 4.78 is 6.11. The number of amides is 1. The first kappa shape index (κ1) is 21.6. The van der Waals surface area contributed by atoms with Crippen molar-refractivity contribution in [3.05, 3.63) is 59.3 Å². The van der Waals surface area contributed by atoms with E-state index in [0.717, 1.165) is 24.0 Å². The van der Waals surface area contributed by atoms with Crippen molar-refractivity contribution in [1.82, 2.24) is 20.5 Å². The molecule has 2 aromatic rings. The lowest BCUT2D eigenvalue weighted by atomic mass is 10.1. The molecule has 0 radical (unpaired) electrons. The summed E-state index contributed by atoms with van der Waals surface area (Å²) in [7, 11) is 5.24. The maximum atomic E-state index is 12.0. The molecule has 0 spiro atoms. The Balaban J connectivity index is 1.52. The number of aliphatic imine (C=N–C) groups is 1. The summed E-state index contributed by atoms with van der Waals surface area (Å²) in [5, 5.41) is 6.63. The van der Waals surface area contributed by atoms with Gasteiger partial charge in [-0.2, -0.15) is 0 Å². The van der Waals surface area contributed by atoms with Gasteiger partial charge in [-0.15, -0.1) is 0 Å². The number of pyridine rings is 1. The van der Waals surface area contributed by atoms with Crippen LogP contribution in [-0.2, 0) is 13.1 Å². The molecule has 1 aliphatic rings. The van der Waals surface area contributed by atoms with E-state index in [1.165, 1.54) is 12.8 Å². The zero-order chi connectivity index (χ0) is 21.3. The molecule has 0 bridgehead atoms. The van der Waals surface area contributed by atoms with E-state index in [2.05, 4.69) is 20.6 Å². The third-order valence-electron chi connectivity index (χ3n) is 5.17. The summed E-state index contributed by atoms with van der Waals surface area (Å²) in [4.78, 5) is 22.3. The molecule has 2 N–H and O–H groups in total. The van der Waals surface area contributed by atoms with Crippen molar-refractivity contribution in [2.24, 2.45) is 4.99 Å². The van der Waals surface area contributed by atoms with Crippen LogP contribution in [0.1, 0.15) is 47.2 Å². The van der Waals surface area contributed by atoms with E-state index in [9.17, 15) is 4.79 Å². The van der Waals surface area contributed by atoms with Crippen LogP contribution < -0.4 is 15.4 Å². The molecule has 1 amide bonds. The molecule has 0 aliphatic heterocycles. The summed E-state index contributed by atoms with van der Waals surface area (Å²) in [6, 6.07) is 11.5. The molecule has 1 aliphatic carbocycles. The SMILES string of the molecule is CN=C(NCc1ccc(C(=O)N(C)C)cc1)NCc1cccnc1OC1CCCC1. The molecule has 30 heavy (non-hydrogen) atoms. The fourth-order valence-corrected chi connectivity index (χ4v) is 3.44. The lowest BCUT2D eigenvalue weighted by Crippen LogP contribution is -2.36. The lowest BCUT2D eigenvalue weighted by molar-refractivity contribution is 0.0827. The Morgan fingerprint density at radius 2 is 1.83 bits per heavy atom. The maximum Gasteiger partial charge on any atom is 0.253 e. The number of hydrogen-bond donors (Lipinski definition) is 2. The minimum Gasteiger partial charge on any atom is -0.474 e. The molecule has 7 nitrogen and oxygen atoms in total. The molecule has 1 aromatic carbocycles. The predicted octanol–water partition coefficient (Wildman–Crippen LogP) is 2.97. The molecule has 7 heteroatoms. The molecule has 0 atom stereocenters. The molecule has 1 aromatic heterocycles. The Labute approximate surface area is 178 Å². The lowest BCUT2D eigenvalue weighted by Gasteiger charge is -2.17. The largest absolute Gasteiger partial charge is 0.474 e. The van der Waals surface area contributed by atoms with Gasteiger partial charge in [-0.25, -0.2) is 4.98 Å². The van der Waals surface area contributed by atoms with Gasteiger partial charge in [-0.05, 0) is 49.4 Å². The first-order chi connectivity index (χ1) is 14.6. The Morgan fingerprint density at radius 3 is 2.50 bits per heavy atom. The van der Waals surface area contributed by atoms with E-state index < -0.39 is 0 Å². The number of aromatic nitrogens is 1. The Morgan fingerprint density at radius 1 is 1.13 bits per heavy atom. The minimum absolute atomic E-state index is 0.000849. The number of nitrogens with zero attached hydrogens (tertiary/aromatic N) is 3. The van der Waals surface area contributed by atoms with Crippen LogP contribution in [0.15, 0.2) is 47.6 Å². The van der Waals surface area contributed by atoms with Gasteiger partial charge < -0.3 is 20.3 Å². The molecule has 0 unspecified atom stereocenters. The van der Waals surface area contributed by atoms with Crippen LogP contribution in [0.4, 0.5) is 0 Å². The maximum absolute atomic E-state index is 12.0. The van der Waals surface area contributed by atoms with E-state index in [-0.39, 0.29) is 12.0 Å². The van der Waals surface area contributed by atoms with Crippen molar-refractivity contribution in [3.8, 4) is 5.88 Å². The molecular formula is C23H31N5O2. The fraction of sp³-hybridized carbons (Fsp3) is 0.435. The van der Waals surface area contributed by atoms with Crippen LogP contribution in [0, 0.1) is 0 Å². The van der Waals surface area contributed by atoms with E-state index >= 15 is 0 Å². The van der Waals surface area contributed by atoms with Gasteiger partial charge in [0.15, 0.2) is 5.96 Å². The fourth-order valence-electron chi connectivity index (χ4n) is 3.44. The van der Waals surface area contributed by atoms with Crippen molar-refractivity contribution >= 4 is 11.9 Å². The van der Waals surface area contributed by atoms with Crippen LogP contribution in [0.3, 0.4) is 0 Å². The highest BCUT2D eigenvalue weighted by atomic mass is 16.5. The summed E-state index contributed by atoms with van der Waals surface area (Å²) >= 11 is 0. The van der Waals surface area contributed by atoms with Crippen LogP contribution in [0.5, 0.6) is 5.88 Å². The number of rotatable bonds is 7. The van der Waals surface area contributed by atoms with Gasteiger partial charge in [0.2, 0.25) is 5.88 Å². The van der Waals surface area contributed by atoms with E-state index in [4.69, 9.17) is 4.74 Å². The number of carbonyl (C=O) groups excluding carboxylic acids is 1. The highest BCUT2D eigenvalue weighted by Crippen LogP contribution is 2.24. The van der Waals surface area contributed by atoms with Gasteiger partial charge in [-0.3, -0.25) is 9.79 Å². The standard InChI is InChI=1S/C23H31N5O2/c1-24-23(26-15-17-10-12-18(13-11-17)22(29)28(2)3)27-16-19-7-6-14-25-21(19)30-20-8-4-5-9-20/h6-7,10-14,20H,4-5,8-9,15-16H2,1-3H3,(H2,24,26,27). The Kier molecular flexibility index (Phi) is 7.65. The molecule has 1 saturated carbocycles. The van der Waals surface area contributed by atoms with Crippen LogP contribution in [0.2, 0.25) is 0 Å². The van der Waals surface area contributed by atoms with E-state index in [1.54, 1.807) is 32.2 Å². The highest BCUT2D eigenvalue weighted by molar-refractivity contribution is 5.93. The smallest absolute Gasteiger partial charge is 0.253 e. The number of ether oxygens (including phenoxy) is 1. The van der Waals surface area contributed by atoms with Gasteiger partial charge in [0.25, 0.3) is 5.91 Å². The van der Waals surface area contributed by atoms with E-state index in [0.29, 0.717) is 30.5 Å². The Hall–Kier alpha value is -3.09. The third-order valence-corrected chi connectivity index (χ3v) is 5.17. The Bertz CT molecular complexity index is 858. The second-order valence-electron chi connectivity index (χ2n) is 7.67. The van der Waals surface area contributed by atoms with Crippen molar-refractivity contribution < 1.29 is 9.53 Å². The predicted molar refractivity (Wildman–Crippen MR) is 119 cm³/mol. The quantitative estimate of drug-likeness (QED) is 0.543. The molecule has 0 saturated heterocycles. The van der Waals surface area contributed by atoms with Crippen LogP contribution >= 0.6 is 0 Å². The van der Waals surface area contributed by atoms with Gasteiger partial charge >= 0.3 is 0 Å². The molecule has 1 heterocycles. The minimum atomic E-state index is -0.000849. The average Bonchev–Trinajstić information content (AvgIpc) is 3.28.